The lowest BCUT2D eigenvalue weighted by Gasteiger charge is -2.36. The fourth-order valence-corrected chi connectivity index (χ4v) is 3.54. The number of amides is 1. The van der Waals surface area contributed by atoms with E-state index in [1.165, 1.54) is 0 Å². The number of carbonyl (C=O) groups excluding carboxylic acids is 1. The molecule has 7 heteroatoms. The summed E-state index contributed by atoms with van der Waals surface area (Å²) in [7, 11) is 0. The zero-order chi connectivity index (χ0) is 18.8. The van der Waals surface area contributed by atoms with Crippen LogP contribution in [0.3, 0.4) is 0 Å². The van der Waals surface area contributed by atoms with Gasteiger partial charge in [-0.25, -0.2) is 9.78 Å². The van der Waals surface area contributed by atoms with Gasteiger partial charge in [0, 0.05) is 50.5 Å². The number of nitrogens with zero attached hydrogens (tertiary/aromatic N) is 4. The summed E-state index contributed by atoms with van der Waals surface area (Å²) in [6.45, 7) is 5.65. The van der Waals surface area contributed by atoms with Crippen molar-refractivity contribution in [3.8, 4) is 5.75 Å². The second-order valence-corrected chi connectivity index (χ2v) is 6.59. The molecule has 0 unspecified atom stereocenters. The number of phenolic OH excluding ortho intramolecular Hbond substituents is 1. The molecule has 1 fully saturated rings. The molecule has 2 N–H and O–H groups in total. The van der Waals surface area contributed by atoms with Crippen LogP contribution in [-0.4, -0.2) is 58.3 Å². The minimum atomic E-state index is -0.0386. The average Bonchev–Trinajstić information content (AvgIpc) is 3.11. The largest absolute Gasteiger partial charge is 0.508 e. The molecule has 3 aromatic rings. The second kappa shape index (κ2) is 7.19. The van der Waals surface area contributed by atoms with E-state index in [1.807, 2.05) is 23.1 Å². The standard InChI is InChI=1S/C20H23N5O2/c1-2-21-17-4-3-8-22-19(17)23-10-12-24(13-11-23)20(27)25-9-7-15-14-16(26)5-6-18(15)25/h3-9,14,21,26H,2,10-13H2,1H3. The zero-order valence-corrected chi connectivity index (χ0v) is 15.3. The molecule has 140 valence electrons. The maximum atomic E-state index is 13.0. The first-order valence-corrected chi connectivity index (χ1v) is 9.20. The Morgan fingerprint density at radius 3 is 2.78 bits per heavy atom. The molecule has 0 radical (unpaired) electrons. The van der Waals surface area contributed by atoms with Crippen LogP contribution in [-0.2, 0) is 0 Å². The van der Waals surface area contributed by atoms with Gasteiger partial charge in [-0.2, -0.15) is 0 Å². The summed E-state index contributed by atoms with van der Waals surface area (Å²) < 4.78 is 1.65. The molecule has 1 amide bonds. The first kappa shape index (κ1) is 17.2. The summed E-state index contributed by atoms with van der Waals surface area (Å²) >= 11 is 0. The molecular formula is C20H23N5O2. The van der Waals surface area contributed by atoms with Crippen molar-refractivity contribution in [2.45, 2.75) is 6.92 Å². The van der Waals surface area contributed by atoms with Crippen molar-refractivity contribution < 1.29 is 9.90 Å². The van der Waals surface area contributed by atoms with E-state index in [4.69, 9.17) is 0 Å². The van der Waals surface area contributed by atoms with Gasteiger partial charge in [0.2, 0.25) is 0 Å². The summed E-state index contributed by atoms with van der Waals surface area (Å²) in [4.78, 5) is 21.5. The van der Waals surface area contributed by atoms with E-state index < -0.39 is 0 Å². The van der Waals surface area contributed by atoms with Gasteiger partial charge in [0.15, 0.2) is 5.82 Å². The number of hydrogen-bond donors (Lipinski definition) is 2. The molecular weight excluding hydrogens is 342 g/mol. The number of aromatic nitrogens is 2. The van der Waals surface area contributed by atoms with Crippen molar-refractivity contribution in [2.24, 2.45) is 0 Å². The normalized spacial score (nSPS) is 14.6. The van der Waals surface area contributed by atoms with Crippen LogP contribution in [0.2, 0.25) is 0 Å². The van der Waals surface area contributed by atoms with Crippen LogP contribution in [0.1, 0.15) is 6.92 Å². The van der Waals surface area contributed by atoms with Crippen LogP contribution in [0.4, 0.5) is 16.3 Å². The molecule has 7 nitrogen and oxygen atoms in total. The van der Waals surface area contributed by atoms with Crippen molar-refractivity contribution in [2.75, 3.05) is 42.9 Å². The molecule has 1 aliphatic rings. The summed E-state index contributed by atoms with van der Waals surface area (Å²) in [5.41, 5.74) is 1.83. The number of nitrogens with one attached hydrogen (secondary N) is 1. The Kier molecular flexibility index (Phi) is 4.58. The third-order valence-electron chi connectivity index (χ3n) is 4.88. The van der Waals surface area contributed by atoms with E-state index in [2.05, 4.69) is 22.1 Å². The van der Waals surface area contributed by atoms with E-state index in [0.29, 0.717) is 13.1 Å². The van der Waals surface area contributed by atoms with E-state index in [9.17, 15) is 9.90 Å². The molecule has 4 rings (SSSR count). The quantitative estimate of drug-likeness (QED) is 0.746. The van der Waals surface area contributed by atoms with E-state index in [1.54, 1.807) is 35.2 Å². The monoisotopic (exact) mass is 365 g/mol. The van der Waals surface area contributed by atoms with Crippen LogP contribution in [0.15, 0.2) is 48.8 Å². The average molecular weight is 365 g/mol. The summed E-state index contributed by atoms with van der Waals surface area (Å²) in [5.74, 6) is 1.14. The van der Waals surface area contributed by atoms with Crippen LogP contribution in [0.5, 0.6) is 5.75 Å². The van der Waals surface area contributed by atoms with Crippen LogP contribution in [0.25, 0.3) is 10.9 Å². The maximum Gasteiger partial charge on any atom is 0.328 e. The predicted octanol–water partition coefficient (Wildman–Crippen LogP) is 2.96. The fourth-order valence-electron chi connectivity index (χ4n) is 3.54. The van der Waals surface area contributed by atoms with Gasteiger partial charge in [0.1, 0.15) is 5.75 Å². The maximum absolute atomic E-state index is 13.0. The SMILES string of the molecule is CCNc1cccnc1N1CCN(C(=O)n2ccc3cc(O)ccc32)CC1. The Morgan fingerprint density at radius 1 is 1.19 bits per heavy atom. The molecule has 0 spiro atoms. The predicted molar refractivity (Wildman–Crippen MR) is 107 cm³/mol. The molecule has 3 heterocycles. The smallest absolute Gasteiger partial charge is 0.328 e. The summed E-state index contributed by atoms with van der Waals surface area (Å²) in [6, 6.07) is 10.8. The number of fused-ring (bicyclic) bond motifs is 1. The third kappa shape index (κ3) is 3.28. The van der Waals surface area contributed by atoms with Gasteiger partial charge >= 0.3 is 6.03 Å². The van der Waals surface area contributed by atoms with Crippen LogP contribution >= 0.6 is 0 Å². The molecule has 1 aliphatic heterocycles. The number of carbonyl (C=O) groups is 1. The van der Waals surface area contributed by atoms with Crippen molar-refractivity contribution >= 4 is 28.4 Å². The zero-order valence-electron chi connectivity index (χ0n) is 15.3. The lowest BCUT2D eigenvalue weighted by Crippen LogP contribution is -2.50. The molecule has 0 saturated carbocycles. The van der Waals surface area contributed by atoms with Gasteiger partial charge in [0.25, 0.3) is 0 Å². The summed E-state index contributed by atoms with van der Waals surface area (Å²) in [5, 5.41) is 13.8. The lowest BCUT2D eigenvalue weighted by molar-refractivity contribution is 0.197. The summed E-state index contributed by atoms with van der Waals surface area (Å²) in [6.07, 6.45) is 3.57. The number of benzene rings is 1. The Morgan fingerprint density at radius 2 is 2.00 bits per heavy atom. The van der Waals surface area contributed by atoms with Gasteiger partial charge < -0.3 is 20.2 Å². The number of pyridine rings is 1. The molecule has 0 aliphatic carbocycles. The van der Waals surface area contributed by atoms with Gasteiger partial charge in [0.05, 0.1) is 11.2 Å². The number of hydrogen-bond acceptors (Lipinski definition) is 5. The fraction of sp³-hybridized carbons (Fsp3) is 0.300. The highest BCUT2D eigenvalue weighted by Crippen LogP contribution is 2.25. The number of aromatic hydroxyl groups is 1. The van der Waals surface area contributed by atoms with Crippen LogP contribution < -0.4 is 10.2 Å². The Bertz CT molecular complexity index is 960. The topological polar surface area (TPSA) is 73.6 Å². The molecule has 1 aromatic carbocycles. The van der Waals surface area contributed by atoms with Gasteiger partial charge in [-0.3, -0.25) is 4.57 Å². The molecule has 2 aromatic heterocycles. The van der Waals surface area contributed by atoms with Crippen molar-refractivity contribution in [3.63, 3.8) is 0 Å². The molecule has 0 atom stereocenters. The Hall–Kier alpha value is -3.22. The van der Waals surface area contributed by atoms with Crippen molar-refractivity contribution in [1.82, 2.24) is 14.5 Å². The van der Waals surface area contributed by atoms with Crippen molar-refractivity contribution in [3.05, 3.63) is 48.8 Å². The molecule has 1 saturated heterocycles. The third-order valence-corrected chi connectivity index (χ3v) is 4.88. The number of rotatable bonds is 3. The van der Waals surface area contributed by atoms with Gasteiger partial charge in [-0.05, 0) is 43.3 Å². The minimum absolute atomic E-state index is 0.0386. The first-order chi connectivity index (χ1) is 13.2. The highest BCUT2D eigenvalue weighted by Gasteiger charge is 2.24. The van der Waals surface area contributed by atoms with Gasteiger partial charge in [-0.15, -0.1) is 0 Å². The molecule has 0 bridgehead atoms. The number of phenols is 1. The lowest BCUT2D eigenvalue weighted by atomic mass is 10.2. The van der Waals surface area contributed by atoms with Crippen LogP contribution in [0, 0.1) is 0 Å². The number of piperazine rings is 1. The minimum Gasteiger partial charge on any atom is -0.508 e. The van der Waals surface area contributed by atoms with E-state index in [-0.39, 0.29) is 11.8 Å². The second-order valence-electron chi connectivity index (χ2n) is 6.59. The first-order valence-electron chi connectivity index (χ1n) is 9.20. The Labute approximate surface area is 157 Å². The highest BCUT2D eigenvalue weighted by molar-refractivity contribution is 5.92. The van der Waals surface area contributed by atoms with E-state index in [0.717, 1.165) is 42.0 Å². The van der Waals surface area contributed by atoms with E-state index >= 15 is 0 Å². The Balaban J connectivity index is 1.48. The number of anilines is 2. The highest BCUT2D eigenvalue weighted by atomic mass is 16.3. The molecule has 27 heavy (non-hydrogen) atoms. The van der Waals surface area contributed by atoms with Crippen molar-refractivity contribution in [1.29, 1.82) is 0 Å². The van der Waals surface area contributed by atoms with Gasteiger partial charge in [-0.1, -0.05) is 0 Å².